The van der Waals surface area contributed by atoms with Gasteiger partial charge >= 0.3 is 0 Å². The standard InChI is InChI=1S/C6H15NO4S/c1-3-12(9,10)7-4-6(8)5-11-2/h6-8H,3-5H2,1-2H3. The first kappa shape index (κ1) is 11.8. The summed E-state index contributed by atoms with van der Waals surface area (Å²) in [5, 5.41) is 9.06. The predicted octanol–water partition coefficient (Wildman–Crippen LogP) is -1.07. The number of aliphatic hydroxyl groups is 1. The molecule has 5 nitrogen and oxygen atoms in total. The molecule has 0 aliphatic heterocycles. The average Bonchev–Trinajstić information content (AvgIpc) is 2.02. The first-order valence-corrected chi connectivity index (χ1v) is 5.31. The lowest BCUT2D eigenvalue weighted by atomic mass is 10.4. The topological polar surface area (TPSA) is 75.6 Å². The first-order valence-electron chi connectivity index (χ1n) is 3.66. The van der Waals surface area contributed by atoms with E-state index in [1.54, 1.807) is 0 Å². The lowest BCUT2D eigenvalue weighted by molar-refractivity contribution is 0.0679. The molecule has 6 heteroatoms. The van der Waals surface area contributed by atoms with Gasteiger partial charge in [-0.25, -0.2) is 13.1 Å². The fourth-order valence-corrected chi connectivity index (χ4v) is 1.23. The number of methoxy groups -OCH3 is 1. The summed E-state index contributed by atoms with van der Waals surface area (Å²) in [4.78, 5) is 0. The predicted molar refractivity (Wildman–Crippen MR) is 45.3 cm³/mol. The van der Waals surface area contributed by atoms with Gasteiger partial charge in [0.05, 0.1) is 18.5 Å². The van der Waals surface area contributed by atoms with Gasteiger partial charge in [0.1, 0.15) is 0 Å². The van der Waals surface area contributed by atoms with Crippen LogP contribution in [-0.2, 0) is 14.8 Å². The molecule has 0 rings (SSSR count). The van der Waals surface area contributed by atoms with Crippen LogP contribution in [0.25, 0.3) is 0 Å². The Morgan fingerprint density at radius 2 is 2.17 bits per heavy atom. The second-order valence-electron chi connectivity index (χ2n) is 2.36. The van der Waals surface area contributed by atoms with Crippen molar-refractivity contribution in [2.24, 2.45) is 0 Å². The van der Waals surface area contributed by atoms with Crippen LogP contribution in [0.3, 0.4) is 0 Å². The summed E-state index contributed by atoms with van der Waals surface area (Å²) < 4.78 is 28.5. The zero-order valence-corrected chi connectivity index (χ0v) is 8.10. The van der Waals surface area contributed by atoms with Crippen molar-refractivity contribution in [1.82, 2.24) is 4.72 Å². The number of ether oxygens (including phenoxy) is 1. The fraction of sp³-hybridized carbons (Fsp3) is 1.00. The van der Waals surface area contributed by atoms with Crippen LogP contribution in [0.1, 0.15) is 6.92 Å². The van der Waals surface area contributed by atoms with Crippen LogP contribution < -0.4 is 4.72 Å². The van der Waals surface area contributed by atoms with E-state index in [9.17, 15) is 8.42 Å². The van der Waals surface area contributed by atoms with E-state index < -0.39 is 16.1 Å². The molecule has 0 fully saturated rings. The van der Waals surface area contributed by atoms with Crippen LogP contribution in [-0.4, -0.2) is 45.6 Å². The summed E-state index contributed by atoms with van der Waals surface area (Å²) in [6.45, 7) is 1.67. The molecule has 1 atom stereocenters. The van der Waals surface area contributed by atoms with Crippen LogP contribution >= 0.6 is 0 Å². The Morgan fingerprint density at radius 3 is 2.58 bits per heavy atom. The highest BCUT2D eigenvalue weighted by Crippen LogP contribution is 1.86. The molecule has 2 N–H and O–H groups in total. The molecule has 0 bridgehead atoms. The van der Waals surface area contributed by atoms with Crippen molar-refractivity contribution in [3.63, 3.8) is 0 Å². The number of aliphatic hydroxyl groups excluding tert-OH is 1. The van der Waals surface area contributed by atoms with Crippen LogP contribution in [0.15, 0.2) is 0 Å². The highest BCUT2D eigenvalue weighted by Gasteiger charge is 2.09. The Morgan fingerprint density at radius 1 is 1.58 bits per heavy atom. The van der Waals surface area contributed by atoms with Crippen molar-refractivity contribution in [2.45, 2.75) is 13.0 Å². The Bertz CT molecular complexity index is 202. The van der Waals surface area contributed by atoms with Gasteiger partial charge in [-0.05, 0) is 6.92 Å². The minimum atomic E-state index is -3.20. The fourth-order valence-electron chi connectivity index (χ4n) is 0.577. The second-order valence-corrected chi connectivity index (χ2v) is 4.46. The summed E-state index contributed by atoms with van der Waals surface area (Å²) in [6.07, 6.45) is -0.781. The summed E-state index contributed by atoms with van der Waals surface area (Å²) in [7, 11) is -1.76. The highest BCUT2D eigenvalue weighted by molar-refractivity contribution is 7.89. The summed E-state index contributed by atoms with van der Waals surface area (Å²) in [6, 6.07) is 0. The smallest absolute Gasteiger partial charge is 0.211 e. The molecule has 0 aromatic rings. The third-order valence-corrected chi connectivity index (χ3v) is 2.64. The van der Waals surface area contributed by atoms with E-state index in [1.807, 2.05) is 0 Å². The van der Waals surface area contributed by atoms with E-state index >= 15 is 0 Å². The summed E-state index contributed by atoms with van der Waals surface area (Å²) in [5.74, 6) is 0.0205. The maximum atomic E-state index is 10.8. The zero-order valence-electron chi connectivity index (χ0n) is 7.28. The molecule has 0 aliphatic carbocycles. The number of hydrogen-bond donors (Lipinski definition) is 2. The molecule has 0 heterocycles. The minimum absolute atomic E-state index is 0.00398. The molecule has 0 aromatic carbocycles. The molecule has 1 unspecified atom stereocenters. The van der Waals surface area contributed by atoms with E-state index in [-0.39, 0.29) is 18.9 Å². The molecule has 0 aliphatic rings. The van der Waals surface area contributed by atoms with Gasteiger partial charge in [0.2, 0.25) is 10.0 Å². The number of nitrogens with one attached hydrogen (secondary N) is 1. The quantitative estimate of drug-likeness (QED) is 0.568. The zero-order chi connectivity index (χ0) is 9.61. The second kappa shape index (κ2) is 5.47. The maximum absolute atomic E-state index is 10.8. The summed E-state index contributed by atoms with van der Waals surface area (Å²) >= 11 is 0. The van der Waals surface area contributed by atoms with E-state index in [4.69, 9.17) is 5.11 Å². The molecule has 0 saturated carbocycles. The molecule has 0 amide bonds. The number of sulfonamides is 1. The monoisotopic (exact) mass is 197 g/mol. The van der Waals surface area contributed by atoms with Gasteiger partial charge in [-0.3, -0.25) is 0 Å². The largest absolute Gasteiger partial charge is 0.389 e. The third kappa shape index (κ3) is 5.48. The molecule has 12 heavy (non-hydrogen) atoms. The van der Waals surface area contributed by atoms with E-state index in [1.165, 1.54) is 14.0 Å². The third-order valence-electron chi connectivity index (χ3n) is 1.28. The Labute approximate surface area is 72.8 Å². The summed E-state index contributed by atoms with van der Waals surface area (Å²) in [5.41, 5.74) is 0. The van der Waals surface area contributed by atoms with E-state index in [0.717, 1.165) is 0 Å². The number of rotatable bonds is 6. The Kier molecular flexibility index (Phi) is 5.39. The lowest BCUT2D eigenvalue weighted by Gasteiger charge is -2.09. The average molecular weight is 197 g/mol. The van der Waals surface area contributed by atoms with Gasteiger partial charge in [0.15, 0.2) is 0 Å². The Hall–Kier alpha value is -0.170. The molecular formula is C6H15NO4S. The van der Waals surface area contributed by atoms with Crippen molar-refractivity contribution < 1.29 is 18.3 Å². The van der Waals surface area contributed by atoms with E-state index in [2.05, 4.69) is 9.46 Å². The SMILES string of the molecule is CCS(=O)(=O)NCC(O)COC. The maximum Gasteiger partial charge on any atom is 0.211 e. The van der Waals surface area contributed by atoms with Crippen LogP contribution in [0.4, 0.5) is 0 Å². The number of hydrogen-bond acceptors (Lipinski definition) is 4. The van der Waals surface area contributed by atoms with Gasteiger partial charge in [-0.15, -0.1) is 0 Å². The van der Waals surface area contributed by atoms with Gasteiger partial charge in [-0.1, -0.05) is 0 Å². The lowest BCUT2D eigenvalue weighted by Crippen LogP contribution is -2.35. The van der Waals surface area contributed by atoms with Gasteiger partial charge < -0.3 is 9.84 Å². The minimum Gasteiger partial charge on any atom is -0.389 e. The normalized spacial score (nSPS) is 14.6. The molecule has 0 radical (unpaired) electrons. The van der Waals surface area contributed by atoms with Crippen LogP contribution in [0, 0.1) is 0 Å². The van der Waals surface area contributed by atoms with Crippen molar-refractivity contribution in [3.8, 4) is 0 Å². The van der Waals surface area contributed by atoms with E-state index in [0.29, 0.717) is 0 Å². The van der Waals surface area contributed by atoms with Crippen molar-refractivity contribution in [3.05, 3.63) is 0 Å². The van der Waals surface area contributed by atoms with Gasteiger partial charge in [0, 0.05) is 13.7 Å². The molecule has 74 valence electrons. The van der Waals surface area contributed by atoms with Crippen LogP contribution in [0.5, 0.6) is 0 Å². The highest BCUT2D eigenvalue weighted by atomic mass is 32.2. The Balaban J connectivity index is 3.68. The molecular weight excluding hydrogens is 182 g/mol. The van der Waals surface area contributed by atoms with Gasteiger partial charge in [0.25, 0.3) is 0 Å². The van der Waals surface area contributed by atoms with Crippen molar-refractivity contribution >= 4 is 10.0 Å². The molecule has 0 spiro atoms. The van der Waals surface area contributed by atoms with Gasteiger partial charge in [-0.2, -0.15) is 0 Å². The molecule has 0 saturated heterocycles. The molecule has 0 aromatic heterocycles. The van der Waals surface area contributed by atoms with Crippen LogP contribution in [0.2, 0.25) is 0 Å². The van der Waals surface area contributed by atoms with Crippen molar-refractivity contribution in [2.75, 3.05) is 26.0 Å². The van der Waals surface area contributed by atoms with Crippen molar-refractivity contribution in [1.29, 1.82) is 0 Å². The first-order chi connectivity index (χ1) is 5.52.